The Balaban J connectivity index is 2.12. The summed E-state index contributed by atoms with van der Waals surface area (Å²) < 4.78 is 5.45. The van der Waals surface area contributed by atoms with Crippen LogP contribution in [0.25, 0.3) is 0 Å². The van der Waals surface area contributed by atoms with Crippen LogP contribution in [0.4, 0.5) is 0 Å². The summed E-state index contributed by atoms with van der Waals surface area (Å²) in [5, 5.41) is 0. The Bertz CT molecular complexity index is 596. The van der Waals surface area contributed by atoms with E-state index in [4.69, 9.17) is 10.5 Å². The van der Waals surface area contributed by atoms with E-state index in [1.807, 2.05) is 12.1 Å². The monoisotopic (exact) mass is 284 g/mol. The number of ether oxygens (including phenoxy) is 1. The highest BCUT2D eigenvalue weighted by atomic mass is 16.5. The highest BCUT2D eigenvalue weighted by Crippen LogP contribution is 2.22. The van der Waals surface area contributed by atoms with Gasteiger partial charge in [-0.25, -0.2) is 0 Å². The third-order valence-electron chi connectivity index (χ3n) is 3.72. The first-order valence-electron chi connectivity index (χ1n) is 7.23. The summed E-state index contributed by atoms with van der Waals surface area (Å²) in [6, 6.07) is 14.6. The van der Waals surface area contributed by atoms with Crippen LogP contribution in [0.5, 0.6) is 5.75 Å². The normalized spacial score (nSPS) is 10.9. The predicted octanol–water partition coefficient (Wildman–Crippen LogP) is 3.09. The van der Waals surface area contributed by atoms with Gasteiger partial charge in [-0.2, -0.15) is 0 Å². The van der Waals surface area contributed by atoms with E-state index < -0.39 is 0 Å². The van der Waals surface area contributed by atoms with E-state index in [9.17, 15) is 0 Å². The van der Waals surface area contributed by atoms with Crippen molar-refractivity contribution in [2.24, 2.45) is 5.73 Å². The van der Waals surface area contributed by atoms with E-state index in [1.165, 1.54) is 16.7 Å². The minimum atomic E-state index is 0.554. The Kier molecular flexibility index (Phi) is 5.37. The van der Waals surface area contributed by atoms with Crippen molar-refractivity contribution >= 4 is 0 Å². The average molecular weight is 284 g/mol. The zero-order valence-corrected chi connectivity index (χ0v) is 13.1. The molecule has 0 radical (unpaired) electrons. The molecule has 0 saturated carbocycles. The lowest BCUT2D eigenvalue weighted by Gasteiger charge is -2.20. The van der Waals surface area contributed by atoms with Crippen LogP contribution < -0.4 is 10.5 Å². The molecular formula is C18H24N2O. The van der Waals surface area contributed by atoms with Gasteiger partial charge in [-0.1, -0.05) is 30.3 Å². The minimum Gasteiger partial charge on any atom is -0.496 e. The lowest BCUT2D eigenvalue weighted by molar-refractivity contribution is 0.309. The number of hydrogen-bond donors (Lipinski definition) is 1. The number of nitrogens with two attached hydrogens (primary N) is 1. The highest BCUT2D eigenvalue weighted by Gasteiger charge is 2.09. The third-order valence-corrected chi connectivity index (χ3v) is 3.72. The zero-order chi connectivity index (χ0) is 15.2. The number of nitrogens with zero attached hydrogens (tertiary/aromatic N) is 1. The van der Waals surface area contributed by atoms with E-state index in [0.717, 1.165) is 24.4 Å². The van der Waals surface area contributed by atoms with Crippen LogP contribution in [0, 0.1) is 6.92 Å². The van der Waals surface area contributed by atoms with Crippen LogP contribution >= 0.6 is 0 Å². The SMILES string of the molecule is COc1ccc(CN)cc1CN(C)Cc1ccccc1C. The molecule has 112 valence electrons. The van der Waals surface area contributed by atoms with Crippen LogP contribution in [-0.2, 0) is 19.6 Å². The van der Waals surface area contributed by atoms with E-state index in [1.54, 1.807) is 7.11 Å². The first-order chi connectivity index (χ1) is 10.1. The van der Waals surface area contributed by atoms with Gasteiger partial charge in [0.1, 0.15) is 5.75 Å². The van der Waals surface area contributed by atoms with Crippen molar-refractivity contribution in [1.82, 2.24) is 4.90 Å². The second-order valence-electron chi connectivity index (χ2n) is 5.45. The summed E-state index contributed by atoms with van der Waals surface area (Å²) in [6.07, 6.45) is 0. The minimum absolute atomic E-state index is 0.554. The fourth-order valence-electron chi connectivity index (χ4n) is 2.51. The first-order valence-corrected chi connectivity index (χ1v) is 7.23. The van der Waals surface area contributed by atoms with Crippen molar-refractivity contribution < 1.29 is 4.74 Å². The van der Waals surface area contributed by atoms with Gasteiger partial charge in [0.05, 0.1) is 7.11 Å². The van der Waals surface area contributed by atoms with Crippen molar-refractivity contribution in [3.63, 3.8) is 0 Å². The molecule has 0 amide bonds. The topological polar surface area (TPSA) is 38.5 Å². The summed E-state index contributed by atoms with van der Waals surface area (Å²) in [6.45, 7) is 4.46. The Morgan fingerprint density at radius 2 is 1.76 bits per heavy atom. The van der Waals surface area contributed by atoms with Crippen LogP contribution in [0.15, 0.2) is 42.5 Å². The lowest BCUT2D eigenvalue weighted by atomic mass is 10.1. The summed E-state index contributed by atoms with van der Waals surface area (Å²) >= 11 is 0. The molecule has 0 fully saturated rings. The van der Waals surface area contributed by atoms with Gasteiger partial charge in [-0.05, 0) is 42.8 Å². The second-order valence-corrected chi connectivity index (χ2v) is 5.45. The molecule has 0 bridgehead atoms. The molecule has 0 unspecified atom stereocenters. The van der Waals surface area contributed by atoms with E-state index in [-0.39, 0.29) is 0 Å². The molecule has 0 aromatic heterocycles. The standard InChI is InChI=1S/C18H24N2O/c1-14-6-4-5-7-16(14)12-20(2)13-17-10-15(11-19)8-9-18(17)21-3/h4-10H,11-13,19H2,1-3H3. The maximum atomic E-state index is 5.73. The largest absolute Gasteiger partial charge is 0.496 e. The van der Waals surface area contributed by atoms with Gasteiger partial charge < -0.3 is 10.5 Å². The Morgan fingerprint density at radius 3 is 2.43 bits per heavy atom. The molecule has 2 N–H and O–H groups in total. The first kappa shape index (κ1) is 15.5. The molecule has 0 heterocycles. The molecule has 0 saturated heterocycles. The Hall–Kier alpha value is -1.84. The number of aryl methyl sites for hydroxylation is 1. The number of benzene rings is 2. The summed E-state index contributed by atoms with van der Waals surface area (Å²) in [5.74, 6) is 0.920. The van der Waals surface area contributed by atoms with Crippen molar-refractivity contribution in [1.29, 1.82) is 0 Å². The highest BCUT2D eigenvalue weighted by molar-refractivity contribution is 5.37. The molecule has 2 aromatic rings. The third kappa shape index (κ3) is 4.06. The molecule has 0 aliphatic carbocycles. The Labute approximate surface area is 127 Å². The van der Waals surface area contributed by atoms with Gasteiger partial charge >= 0.3 is 0 Å². The zero-order valence-electron chi connectivity index (χ0n) is 13.1. The summed E-state index contributed by atoms with van der Waals surface area (Å²) in [5.41, 5.74) is 10.7. The van der Waals surface area contributed by atoms with Crippen LogP contribution in [-0.4, -0.2) is 19.1 Å². The van der Waals surface area contributed by atoms with E-state index in [0.29, 0.717) is 6.54 Å². The Morgan fingerprint density at radius 1 is 1.05 bits per heavy atom. The maximum Gasteiger partial charge on any atom is 0.123 e. The van der Waals surface area contributed by atoms with Gasteiger partial charge in [0, 0.05) is 25.2 Å². The molecular weight excluding hydrogens is 260 g/mol. The predicted molar refractivity (Wildman–Crippen MR) is 87.2 cm³/mol. The molecule has 0 atom stereocenters. The number of methoxy groups -OCH3 is 1. The molecule has 3 heteroatoms. The van der Waals surface area contributed by atoms with Crippen molar-refractivity contribution in [2.75, 3.05) is 14.2 Å². The van der Waals surface area contributed by atoms with Crippen molar-refractivity contribution in [3.8, 4) is 5.75 Å². The van der Waals surface area contributed by atoms with Crippen LogP contribution in [0.1, 0.15) is 22.3 Å². The average Bonchev–Trinajstić information content (AvgIpc) is 2.49. The maximum absolute atomic E-state index is 5.73. The molecule has 0 aliphatic heterocycles. The lowest BCUT2D eigenvalue weighted by Crippen LogP contribution is -2.18. The summed E-state index contributed by atoms with van der Waals surface area (Å²) in [4.78, 5) is 2.29. The van der Waals surface area contributed by atoms with Gasteiger partial charge in [0.2, 0.25) is 0 Å². The fraction of sp³-hybridized carbons (Fsp3) is 0.333. The van der Waals surface area contributed by atoms with Crippen molar-refractivity contribution in [3.05, 3.63) is 64.7 Å². The van der Waals surface area contributed by atoms with Gasteiger partial charge in [-0.3, -0.25) is 4.90 Å². The van der Waals surface area contributed by atoms with Crippen molar-refractivity contribution in [2.45, 2.75) is 26.6 Å². The second kappa shape index (κ2) is 7.25. The quantitative estimate of drug-likeness (QED) is 0.886. The molecule has 0 spiro atoms. The number of hydrogen-bond acceptors (Lipinski definition) is 3. The summed E-state index contributed by atoms with van der Waals surface area (Å²) in [7, 11) is 3.84. The molecule has 21 heavy (non-hydrogen) atoms. The molecule has 3 nitrogen and oxygen atoms in total. The fourth-order valence-corrected chi connectivity index (χ4v) is 2.51. The van der Waals surface area contributed by atoms with Crippen LogP contribution in [0.2, 0.25) is 0 Å². The van der Waals surface area contributed by atoms with Gasteiger partial charge in [0.15, 0.2) is 0 Å². The smallest absolute Gasteiger partial charge is 0.123 e. The van der Waals surface area contributed by atoms with E-state index >= 15 is 0 Å². The van der Waals surface area contributed by atoms with E-state index in [2.05, 4.69) is 49.2 Å². The van der Waals surface area contributed by atoms with Gasteiger partial charge in [-0.15, -0.1) is 0 Å². The molecule has 0 aliphatic rings. The molecule has 2 rings (SSSR count). The van der Waals surface area contributed by atoms with Gasteiger partial charge in [0.25, 0.3) is 0 Å². The number of rotatable bonds is 6. The van der Waals surface area contributed by atoms with Crippen LogP contribution in [0.3, 0.4) is 0 Å². The molecule has 2 aromatic carbocycles.